The molecular formula is C30H31F2N3O4S2. The number of nitrogens with zero attached hydrogens (tertiary/aromatic N) is 2. The first-order valence-corrected chi connectivity index (χ1v) is 16.0. The molecule has 1 aromatic heterocycles. The summed E-state index contributed by atoms with van der Waals surface area (Å²) in [6.45, 7) is 0.683. The number of piperidine rings is 1. The molecule has 4 aromatic rings. The zero-order chi connectivity index (χ0) is 29.3. The molecule has 1 aliphatic heterocycles. The van der Waals surface area contributed by atoms with Crippen LogP contribution in [-0.4, -0.2) is 52.1 Å². The minimum Gasteiger partial charge on any atom is -0.455 e. The second-order valence-corrected chi connectivity index (χ2v) is 12.9. The lowest BCUT2D eigenvalue weighted by Gasteiger charge is -2.34. The monoisotopic (exact) mass is 599 g/mol. The highest BCUT2D eigenvalue weighted by Gasteiger charge is 2.33. The molecule has 0 bridgehead atoms. The van der Waals surface area contributed by atoms with Gasteiger partial charge in [0.15, 0.2) is 0 Å². The predicted molar refractivity (Wildman–Crippen MR) is 159 cm³/mol. The highest BCUT2D eigenvalue weighted by atomic mass is 32.2. The highest BCUT2D eigenvalue weighted by Crippen LogP contribution is 2.42. The van der Waals surface area contributed by atoms with E-state index in [4.69, 9.17) is 4.42 Å². The van der Waals surface area contributed by atoms with E-state index in [-0.39, 0.29) is 24.1 Å². The molecule has 1 N–H and O–H groups in total. The average Bonchev–Trinajstić information content (AvgIpc) is 3.35. The molecule has 2 heterocycles. The first kappa shape index (κ1) is 29.1. The fraction of sp³-hybridized carbons (Fsp3) is 0.300. The lowest BCUT2D eigenvalue weighted by Crippen LogP contribution is -2.40. The van der Waals surface area contributed by atoms with E-state index < -0.39 is 21.7 Å². The number of anilines is 1. The largest absolute Gasteiger partial charge is 0.455 e. The van der Waals surface area contributed by atoms with Crippen LogP contribution in [0.2, 0.25) is 0 Å². The molecule has 0 spiro atoms. The van der Waals surface area contributed by atoms with Gasteiger partial charge in [-0.3, -0.25) is 4.79 Å². The number of fused-ring (bicyclic) bond motifs is 1. The SMILES string of the molecule is CNC(=O)c1c(-c2ccc(F)cc2)oc2cc(N(C)SC)c(C3CCCN(S(=O)(=O)Cc4ccc(F)cc4)C3)cc12. The third kappa shape index (κ3) is 5.98. The van der Waals surface area contributed by atoms with Gasteiger partial charge in [-0.2, -0.15) is 0 Å². The molecule has 11 heteroatoms. The number of carbonyl (C=O) groups excluding carboxylic acids is 1. The second kappa shape index (κ2) is 11.8. The molecule has 1 saturated heterocycles. The minimum atomic E-state index is -3.65. The van der Waals surface area contributed by atoms with Crippen LogP contribution in [0, 0.1) is 11.6 Å². The molecule has 1 fully saturated rings. The number of carbonyl (C=O) groups is 1. The van der Waals surface area contributed by atoms with Crippen molar-refractivity contribution in [3.63, 3.8) is 0 Å². The Kier molecular flexibility index (Phi) is 8.40. The van der Waals surface area contributed by atoms with Crippen LogP contribution >= 0.6 is 11.9 Å². The molecular weight excluding hydrogens is 568 g/mol. The van der Waals surface area contributed by atoms with Crippen LogP contribution < -0.4 is 9.62 Å². The van der Waals surface area contributed by atoms with Crippen LogP contribution in [-0.2, 0) is 15.8 Å². The lowest BCUT2D eigenvalue weighted by atomic mass is 9.89. The maximum atomic E-state index is 13.6. The van der Waals surface area contributed by atoms with Crippen molar-refractivity contribution in [2.45, 2.75) is 24.5 Å². The number of nitrogens with one attached hydrogen (secondary N) is 1. The molecule has 0 saturated carbocycles. The summed E-state index contributed by atoms with van der Waals surface area (Å²) >= 11 is 1.50. The Labute approximate surface area is 242 Å². The van der Waals surface area contributed by atoms with Gasteiger partial charge in [-0.1, -0.05) is 24.1 Å². The van der Waals surface area contributed by atoms with Gasteiger partial charge < -0.3 is 14.0 Å². The molecule has 0 radical (unpaired) electrons. The van der Waals surface area contributed by atoms with E-state index in [0.717, 1.165) is 17.7 Å². The van der Waals surface area contributed by atoms with Crippen LogP contribution in [0.15, 0.2) is 65.1 Å². The van der Waals surface area contributed by atoms with Gasteiger partial charge in [0, 0.05) is 50.5 Å². The highest BCUT2D eigenvalue weighted by molar-refractivity contribution is 7.99. The molecule has 3 aromatic carbocycles. The van der Waals surface area contributed by atoms with Gasteiger partial charge in [-0.25, -0.2) is 21.5 Å². The minimum absolute atomic E-state index is 0.137. The number of benzene rings is 3. The number of hydrogen-bond acceptors (Lipinski definition) is 6. The van der Waals surface area contributed by atoms with E-state index in [1.54, 1.807) is 12.1 Å². The van der Waals surface area contributed by atoms with E-state index in [0.29, 0.717) is 46.4 Å². The smallest absolute Gasteiger partial charge is 0.255 e. The molecule has 1 amide bonds. The van der Waals surface area contributed by atoms with Crippen molar-refractivity contribution in [3.05, 3.63) is 89.0 Å². The topological polar surface area (TPSA) is 82.9 Å². The van der Waals surface area contributed by atoms with Gasteiger partial charge >= 0.3 is 0 Å². The summed E-state index contributed by atoms with van der Waals surface area (Å²) in [4.78, 5) is 13.1. The predicted octanol–water partition coefficient (Wildman–Crippen LogP) is 6.16. The molecule has 5 rings (SSSR count). The Morgan fingerprint density at radius 2 is 1.76 bits per heavy atom. The van der Waals surface area contributed by atoms with Crippen molar-refractivity contribution in [2.75, 3.05) is 37.7 Å². The Bertz CT molecular complexity index is 1670. The van der Waals surface area contributed by atoms with Gasteiger partial charge in [0.2, 0.25) is 10.0 Å². The summed E-state index contributed by atoms with van der Waals surface area (Å²) in [6.07, 6.45) is 3.37. The van der Waals surface area contributed by atoms with Gasteiger partial charge in [0.05, 0.1) is 17.0 Å². The lowest BCUT2D eigenvalue weighted by molar-refractivity contribution is 0.0964. The number of furan rings is 1. The molecule has 216 valence electrons. The third-order valence-electron chi connectivity index (χ3n) is 7.49. The second-order valence-electron chi connectivity index (χ2n) is 10.1. The number of hydrogen-bond donors (Lipinski definition) is 1. The number of halogens is 2. The van der Waals surface area contributed by atoms with Crippen molar-refractivity contribution in [1.29, 1.82) is 0 Å². The molecule has 7 nitrogen and oxygen atoms in total. The average molecular weight is 600 g/mol. The van der Waals surface area contributed by atoms with Crippen LogP contribution in [0.1, 0.15) is 40.2 Å². The maximum Gasteiger partial charge on any atom is 0.255 e. The quantitative estimate of drug-likeness (QED) is 0.244. The zero-order valence-electron chi connectivity index (χ0n) is 23.0. The van der Waals surface area contributed by atoms with Crippen molar-refractivity contribution in [3.8, 4) is 11.3 Å². The summed E-state index contributed by atoms with van der Waals surface area (Å²) in [5.41, 5.74) is 3.70. The van der Waals surface area contributed by atoms with E-state index in [1.807, 2.05) is 29.7 Å². The first-order chi connectivity index (χ1) is 19.6. The molecule has 1 atom stereocenters. The molecule has 1 unspecified atom stereocenters. The van der Waals surface area contributed by atoms with Gasteiger partial charge in [-0.15, -0.1) is 0 Å². The van der Waals surface area contributed by atoms with E-state index in [9.17, 15) is 22.0 Å². The molecule has 41 heavy (non-hydrogen) atoms. The van der Waals surface area contributed by atoms with Crippen LogP contribution in [0.3, 0.4) is 0 Å². The number of amides is 1. The van der Waals surface area contributed by atoms with Crippen molar-refractivity contribution >= 4 is 44.5 Å². The summed E-state index contributed by atoms with van der Waals surface area (Å²) in [5, 5.41) is 3.28. The number of rotatable bonds is 8. The van der Waals surface area contributed by atoms with Crippen molar-refractivity contribution in [1.82, 2.24) is 9.62 Å². The first-order valence-electron chi connectivity index (χ1n) is 13.2. The van der Waals surface area contributed by atoms with Crippen molar-refractivity contribution < 1.29 is 26.4 Å². The van der Waals surface area contributed by atoms with Crippen molar-refractivity contribution in [2.24, 2.45) is 0 Å². The Hall–Kier alpha value is -3.41. The number of sulfonamides is 1. The van der Waals surface area contributed by atoms with E-state index in [1.165, 1.54) is 59.7 Å². The summed E-state index contributed by atoms with van der Waals surface area (Å²) < 4.78 is 63.5. The summed E-state index contributed by atoms with van der Waals surface area (Å²) in [6, 6.07) is 15.1. The van der Waals surface area contributed by atoms with Crippen LogP contribution in [0.25, 0.3) is 22.3 Å². The Morgan fingerprint density at radius 1 is 1.10 bits per heavy atom. The Balaban J connectivity index is 1.57. The molecule has 0 aliphatic carbocycles. The zero-order valence-corrected chi connectivity index (χ0v) is 24.6. The van der Waals surface area contributed by atoms with Crippen LogP contribution in [0.5, 0.6) is 0 Å². The van der Waals surface area contributed by atoms with Crippen LogP contribution in [0.4, 0.5) is 14.5 Å². The van der Waals surface area contributed by atoms with E-state index in [2.05, 4.69) is 5.32 Å². The normalized spacial score (nSPS) is 16.2. The standard InChI is InChI=1S/C30H31F2N3O4S2/c1-33-30(36)28-25-15-24(21-5-4-14-35(17-21)41(37,38)18-19-6-10-22(31)11-7-19)26(34(2)40-3)16-27(25)39-29(28)20-8-12-23(32)13-9-20/h6-13,15-16,21H,4-5,14,17-18H2,1-3H3,(H,33,36). The fourth-order valence-corrected chi connectivity index (χ4v) is 7.30. The Morgan fingerprint density at radius 3 is 2.39 bits per heavy atom. The van der Waals surface area contributed by atoms with Gasteiger partial charge in [0.25, 0.3) is 5.91 Å². The summed E-state index contributed by atoms with van der Waals surface area (Å²) in [7, 11) is -0.193. The maximum absolute atomic E-state index is 13.6. The summed E-state index contributed by atoms with van der Waals surface area (Å²) in [5.74, 6) is -1.16. The third-order valence-corrected chi connectivity index (χ3v) is 10.1. The molecule has 1 aliphatic rings. The van der Waals surface area contributed by atoms with Gasteiger partial charge in [0.1, 0.15) is 23.0 Å². The van der Waals surface area contributed by atoms with E-state index >= 15 is 0 Å². The van der Waals surface area contributed by atoms with Gasteiger partial charge in [-0.05, 0) is 72.4 Å². The fourth-order valence-electron chi connectivity index (χ4n) is 5.33.